The van der Waals surface area contributed by atoms with E-state index in [1.54, 1.807) is 25.3 Å². The first-order valence-electron chi connectivity index (χ1n) is 14.1. The van der Waals surface area contributed by atoms with Gasteiger partial charge in [0.05, 0.1) is 13.7 Å². The van der Waals surface area contributed by atoms with Crippen LogP contribution in [-0.4, -0.2) is 29.4 Å². The molecule has 0 fully saturated rings. The van der Waals surface area contributed by atoms with E-state index < -0.39 is 0 Å². The molecule has 6 heteroatoms. The molecule has 0 radical (unpaired) electrons. The molecule has 1 heterocycles. The molecule has 0 bridgehead atoms. The van der Waals surface area contributed by atoms with Crippen LogP contribution in [-0.2, 0) is 32.6 Å². The number of hydrogen-bond donors (Lipinski definition) is 0. The number of ether oxygens (including phenoxy) is 1. The minimum Gasteiger partial charge on any atom is -0.497 e. The molecule has 0 aliphatic heterocycles. The van der Waals surface area contributed by atoms with Gasteiger partial charge in [-0.3, -0.25) is 9.69 Å². The zero-order chi connectivity index (χ0) is 29.1. The molecule has 5 rings (SSSR count). The SMILES string of the molecule is COc1ccc(CN(Cc2cccc(F)c2)Cc2ccc(C(=O)N(CCc3ccccc3)Cc3ccccc3)o2)cc1. The van der Waals surface area contributed by atoms with Gasteiger partial charge in [0, 0.05) is 26.2 Å². The van der Waals surface area contributed by atoms with Crippen molar-refractivity contribution in [1.29, 1.82) is 0 Å². The Kier molecular flexibility index (Phi) is 9.81. The maximum absolute atomic E-state index is 14.0. The molecule has 0 unspecified atom stereocenters. The summed E-state index contributed by atoms with van der Waals surface area (Å²) in [6.07, 6.45) is 0.746. The third-order valence-electron chi connectivity index (χ3n) is 7.13. The van der Waals surface area contributed by atoms with E-state index in [1.165, 1.54) is 11.6 Å². The van der Waals surface area contributed by atoms with Crippen molar-refractivity contribution in [2.24, 2.45) is 0 Å². The summed E-state index contributed by atoms with van der Waals surface area (Å²) in [6, 6.07) is 38.3. The van der Waals surface area contributed by atoms with Crippen LogP contribution in [0, 0.1) is 5.82 Å². The molecule has 5 nitrogen and oxygen atoms in total. The monoisotopic (exact) mass is 562 g/mol. The highest BCUT2D eigenvalue weighted by Crippen LogP contribution is 2.20. The summed E-state index contributed by atoms with van der Waals surface area (Å²) < 4.78 is 25.4. The Morgan fingerprint density at radius 1 is 0.690 bits per heavy atom. The van der Waals surface area contributed by atoms with Crippen molar-refractivity contribution in [3.05, 3.63) is 161 Å². The summed E-state index contributed by atoms with van der Waals surface area (Å²) in [5, 5.41) is 0. The highest BCUT2D eigenvalue weighted by Gasteiger charge is 2.21. The van der Waals surface area contributed by atoms with E-state index in [-0.39, 0.29) is 11.7 Å². The van der Waals surface area contributed by atoms with Crippen LogP contribution in [0.5, 0.6) is 5.75 Å². The maximum Gasteiger partial charge on any atom is 0.289 e. The molecular formula is C36H35FN2O3. The second-order valence-corrected chi connectivity index (χ2v) is 10.3. The van der Waals surface area contributed by atoms with E-state index in [0.717, 1.165) is 28.9 Å². The molecule has 1 aromatic heterocycles. The van der Waals surface area contributed by atoms with Gasteiger partial charge in [-0.1, -0.05) is 84.9 Å². The quantitative estimate of drug-likeness (QED) is 0.149. The Morgan fingerprint density at radius 3 is 2.02 bits per heavy atom. The molecule has 0 saturated carbocycles. The van der Waals surface area contributed by atoms with Gasteiger partial charge >= 0.3 is 0 Å². The second-order valence-electron chi connectivity index (χ2n) is 10.3. The van der Waals surface area contributed by atoms with Crippen LogP contribution in [0.4, 0.5) is 4.39 Å². The number of carbonyl (C=O) groups excluding carboxylic acids is 1. The van der Waals surface area contributed by atoms with Gasteiger partial charge in [0.25, 0.3) is 5.91 Å². The molecule has 0 saturated heterocycles. The van der Waals surface area contributed by atoms with Crippen LogP contribution in [0.15, 0.2) is 126 Å². The summed E-state index contributed by atoms with van der Waals surface area (Å²) >= 11 is 0. The Bertz CT molecular complexity index is 1550. The zero-order valence-corrected chi connectivity index (χ0v) is 23.8. The Balaban J connectivity index is 1.32. The van der Waals surface area contributed by atoms with Gasteiger partial charge in [-0.25, -0.2) is 4.39 Å². The number of amides is 1. The van der Waals surface area contributed by atoms with Crippen LogP contribution in [0.25, 0.3) is 0 Å². The first kappa shape index (κ1) is 28.8. The first-order chi connectivity index (χ1) is 20.6. The van der Waals surface area contributed by atoms with Gasteiger partial charge in [0.1, 0.15) is 17.3 Å². The largest absolute Gasteiger partial charge is 0.497 e. The minimum absolute atomic E-state index is 0.145. The smallest absolute Gasteiger partial charge is 0.289 e. The fourth-order valence-corrected chi connectivity index (χ4v) is 4.97. The summed E-state index contributed by atoms with van der Waals surface area (Å²) in [5.74, 6) is 1.36. The van der Waals surface area contributed by atoms with Crippen LogP contribution < -0.4 is 4.74 Å². The number of benzene rings is 4. The summed E-state index contributed by atoms with van der Waals surface area (Å²) in [5.41, 5.74) is 4.19. The van der Waals surface area contributed by atoms with E-state index in [1.807, 2.05) is 89.8 Å². The molecule has 214 valence electrons. The topological polar surface area (TPSA) is 45.9 Å². The molecule has 0 aliphatic rings. The van der Waals surface area contributed by atoms with E-state index in [0.29, 0.717) is 44.2 Å². The van der Waals surface area contributed by atoms with Gasteiger partial charge in [-0.15, -0.1) is 0 Å². The maximum atomic E-state index is 14.0. The molecule has 0 N–H and O–H groups in total. The molecule has 4 aromatic carbocycles. The molecule has 0 aliphatic carbocycles. The lowest BCUT2D eigenvalue weighted by molar-refractivity contribution is 0.0708. The number of furan rings is 1. The van der Waals surface area contributed by atoms with Crippen molar-refractivity contribution in [3.63, 3.8) is 0 Å². The highest BCUT2D eigenvalue weighted by molar-refractivity contribution is 5.91. The standard InChI is InChI=1S/C36H35FN2O3/c1-41-33-17-15-30(16-18-33)24-38(25-31-13-8-14-32(37)23-31)27-34-19-20-35(42-34)36(40)39(26-29-11-6-3-7-12-29)22-21-28-9-4-2-5-10-28/h2-20,23H,21-22,24-27H2,1H3. The predicted molar refractivity (Wildman–Crippen MR) is 162 cm³/mol. The van der Waals surface area contributed by atoms with E-state index in [9.17, 15) is 9.18 Å². The number of methoxy groups -OCH3 is 1. The summed E-state index contributed by atoms with van der Waals surface area (Å²) in [7, 11) is 1.64. The van der Waals surface area contributed by atoms with Crippen molar-refractivity contribution in [2.75, 3.05) is 13.7 Å². The van der Waals surface area contributed by atoms with Crippen LogP contribution >= 0.6 is 0 Å². The van der Waals surface area contributed by atoms with Gasteiger partial charge in [0.15, 0.2) is 5.76 Å². The Morgan fingerprint density at radius 2 is 1.33 bits per heavy atom. The molecule has 0 atom stereocenters. The van der Waals surface area contributed by atoms with E-state index in [2.05, 4.69) is 17.0 Å². The average molecular weight is 563 g/mol. The fourth-order valence-electron chi connectivity index (χ4n) is 4.97. The molecular weight excluding hydrogens is 527 g/mol. The van der Waals surface area contributed by atoms with E-state index >= 15 is 0 Å². The van der Waals surface area contributed by atoms with Crippen molar-refractivity contribution >= 4 is 5.91 Å². The number of hydrogen-bond acceptors (Lipinski definition) is 4. The van der Waals surface area contributed by atoms with Crippen LogP contribution in [0.2, 0.25) is 0 Å². The van der Waals surface area contributed by atoms with Gasteiger partial charge in [0.2, 0.25) is 0 Å². The molecule has 0 spiro atoms. The molecule has 5 aromatic rings. The van der Waals surface area contributed by atoms with Crippen molar-refractivity contribution in [3.8, 4) is 5.75 Å². The number of carbonyl (C=O) groups is 1. The van der Waals surface area contributed by atoms with Crippen LogP contribution in [0.1, 0.15) is 38.6 Å². The van der Waals surface area contributed by atoms with Crippen molar-refractivity contribution in [2.45, 2.75) is 32.6 Å². The van der Waals surface area contributed by atoms with E-state index in [4.69, 9.17) is 9.15 Å². The lowest BCUT2D eigenvalue weighted by Crippen LogP contribution is -2.32. The van der Waals surface area contributed by atoms with Crippen molar-refractivity contribution < 1.29 is 18.3 Å². The zero-order valence-electron chi connectivity index (χ0n) is 23.8. The number of rotatable bonds is 13. The predicted octanol–water partition coefficient (Wildman–Crippen LogP) is 7.51. The van der Waals surface area contributed by atoms with Gasteiger partial charge in [-0.2, -0.15) is 0 Å². The summed E-state index contributed by atoms with van der Waals surface area (Å²) in [4.78, 5) is 17.7. The Hall–Kier alpha value is -4.68. The lowest BCUT2D eigenvalue weighted by Gasteiger charge is -2.23. The molecule has 42 heavy (non-hydrogen) atoms. The number of halogens is 1. The summed E-state index contributed by atoms with van der Waals surface area (Å²) in [6.45, 7) is 2.65. The average Bonchev–Trinajstić information content (AvgIpc) is 3.49. The second kappa shape index (κ2) is 14.3. The first-order valence-corrected chi connectivity index (χ1v) is 14.1. The Labute approximate surface area is 246 Å². The van der Waals surface area contributed by atoms with Crippen molar-refractivity contribution in [1.82, 2.24) is 9.80 Å². The minimum atomic E-state index is -0.267. The third-order valence-corrected chi connectivity index (χ3v) is 7.13. The fraction of sp³-hybridized carbons (Fsp3) is 0.194. The third kappa shape index (κ3) is 8.18. The van der Waals surface area contributed by atoms with Gasteiger partial charge < -0.3 is 14.1 Å². The normalized spacial score (nSPS) is 11.0. The number of nitrogens with zero attached hydrogens (tertiary/aromatic N) is 2. The highest BCUT2D eigenvalue weighted by atomic mass is 19.1. The van der Waals surface area contributed by atoms with Gasteiger partial charge in [-0.05, 0) is 65.1 Å². The van der Waals surface area contributed by atoms with Crippen LogP contribution in [0.3, 0.4) is 0 Å². The lowest BCUT2D eigenvalue weighted by atomic mass is 10.1. The molecule has 1 amide bonds.